The van der Waals surface area contributed by atoms with E-state index in [0.29, 0.717) is 15.6 Å². The van der Waals surface area contributed by atoms with Gasteiger partial charge in [0.1, 0.15) is 12.4 Å². The zero-order chi connectivity index (χ0) is 22.9. The number of aromatic nitrogens is 1. The third-order valence-corrected chi connectivity index (χ3v) is 6.03. The van der Waals surface area contributed by atoms with E-state index < -0.39 is 0 Å². The average Bonchev–Trinajstić information content (AvgIpc) is 3.17. The number of benzene rings is 4. The number of H-pyrrole nitrogens is 1. The van der Waals surface area contributed by atoms with Crippen LogP contribution in [0.25, 0.3) is 32.6 Å². The number of oxime groups is 1. The van der Waals surface area contributed by atoms with Crippen LogP contribution in [0.5, 0.6) is 5.75 Å². The Labute approximate surface area is 199 Å². The monoisotopic (exact) mass is 479 g/mol. The van der Waals surface area contributed by atoms with Crippen molar-refractivity contribution in [3.05, 3.63) is 81.8 Å². The summed E-state index contributed by atoms with van der Waals surface area (Å²) in [4.78, 5) is 13.9. The number of nitrogens with one attached hydrogen (secondary N) is 2. The Morgan fingerprint density at radius 1 is 1.00 bits per heavy atom. The molecule has 0 bridgehead atoms. The lowest BCUT2D eigenvalue weighted by atomic mass is 9.98. The van der Waals surface area contributed by atoms with E-state index in [0.717, 1.165) is 50.2 Å². The highest BCUT2D eigenvalue weighted by Crippen LogP contribution is 2.38. The first kappa shape index (κ1) is 21.2. The number of phenolic OH excluding ortho intramolecular Hbond substituents is 1. The summed E-state index contributed by atoms with van der Waals surface area (Å²) in [6, 6.07) is 18.8. The van der Waals surface area contributed by atoms with Crippen molar-refractivity contribution in [2.45, 2.75) is 13.5 Å². The highest BCUT2D eigenvalue weighted by molar-refractivity contribution is 6.32. The maximum atomic E-state index is 10.8. The predicted molar refractivity (Wildman–Crippen MR) is 134 cm³/mol. The number of hydrogen-bond acceptors (Lipinski definition) is 5. The van der Waals surface area contributed by atoms with Crippen molar-refractivity contribution in [3.8, 4) is 5.75 Å². The van der Waals surface area contributed by atoms with Crippen LogP contribution in [-0.4, -0.2) is 16.5 Å². The molecule has 33 heavy (non-hydrogen) atoms. The first-order chi connectivity index (χ1) is 16.0. The molecule has 4 aromatic carbocycles. The van der Waals surface area contributed by atoms with Gasteiger partial charge in [-0.1, -0.05) is 40.5 Å². The molecule has 0 spiro atoms. The maximum Gasteiger partial charge on any atom is 0.245 e. The Kier molecular flexibility index (Phi) is 5.62. The number of aromatic hydroxyl groups is 1. The third kappa shape index (κ3) is 4.11. The summed E-state index contributed by atoms with van der Waals surface area (Å²) in [5, 5.41) is 20.0. The zero-order valence-corrected chi connectivity index (χ0v) is 19.0. The molecule has 0 aliphatic carbocycles. The number of hydrogen-bond donors (Lipinski definition) is 3. The van der Waals surface area contributed by atoms with Crippen molar-refractivity contribution < 1.29 is 14.8 Å². The first-order valence-electron chi connectivity index (χ1n) is 10.2. The normalized spacial score (nSPS) is 11.6. The van der Waals surface area contributed by atoms with Gasteiger partial charge in [-0.25, -0.2) is 5.48 Å². The van der Waals surface area contributed by atoms with Gasteiger partial charge in [0.2, 0.25) is 6.40 Å². The molecule has 0 saturated heterocycles. The van der Waals surface area contributed by atoms with Gasteiger partial charge in [-0.05, 0) is 60.8 Å². The van der Waals surface area contributed by atoms with Gasteiger partial charge in [0.25, 0.3) is 0 Å². The van der Waals surface area contributed by atoms with Gasteiger partial charge in [-0.2, -0.15) is 0 Å². The van der Waals surface area contributed by atoms with E-state index in [4.69, 9.17) is 32.9 Å². The minimum atomic E-state index is 0.0871. The molecule has 8 heteroatoms. The lowest BCUT2D eigenvalue weighted by Gasteiger charge is -2.11. The van der Waals surface area contributed by atoms with Crippen LogP contribution in [0.3, 0.4) is 0 Å². The van der Waals surface area contributed by atoms with Crippen molar-refractivity contribution in [1.82, 2.24) is 4.98 Å². The summed E-state index contributed by atoms with van der Waals surface area (Å²) in [5.74, 6) is 0.169. The molecule has 3 N–H and O–H groups in total. The lowest BCUT2D eigenvalue weighted by Crippen LogP contribution is -1.99. The maximum absolute atomic E-state index is 10.8. The predicted octanol–water partition coefficient (Wildman–Crippen LogP) is 7.30. The summed E-state index contributed by atoms with van der Waals surface area (Å²) >= 11 is 12.0. The summed E-state index contributed by atoms with van der Waals surface area (Å²) < 4.78 is 0. The third-order valence-electron chi connectivity index (χ3n) is 5.54. The molecule has 1 heterocycles. The summed E-state index contributed by atoms with van der Waals surface area (Å²) in [5.41, 5.74) is 6.77. The average molecular weight is 480 g/mol. The van der Waals surface area contributed by atoms with Crippen molar-refractivity contribution in [2.75, 3.05) is 5.48 Å². The van der Waals surface area contributed by atoms with Gasteiger partial charge in [0.05, 0.1) is 11.2 Å². The van der Waals surface area contributed by atoms with Crippen molar-refractivity contribution in [3.63, 3.8) is 0 Å². The van der Waals surface area contributed by atoms with Crippen molar-refractivity contribution >= 4 is 67.9 Å². The molecule has 5 aromatic rings. The van der Waals surface area contributed by atoms with E-state index >= 15 is 0 Å². The Morgan fingerprint density at radius 2 is 1.79 bits per heavy atom. The van der Waals surface area contributed by atoms with E-state index in [1.807, 2.05) is 37.3 Å². The molecule has 0 unspecified atom stereocenters. The van der Waals surface area contributed by atoms with Gasteiger partial charge in [-0.3, -0.25) is 0 Å². The highest BCUT2D eigenvalue weighted by Gasteiger charge is 2.15. The summed E-state index contributed by atoms with van der Waals surface area (Å²) in [6.45, 7) is 1.98. The molecule has 6 nitrogen and oxygen atoms in total. The second-order valence-electron chi connectivity index (χ2n) is 7.62. The zero-order valence-electron chi connectivity index (χ0n) is 17.5. The first-order valence-corrected chi connectivity index (χ1v) is 10.9. The van der Waals surface area contributed by atoms with Crippen LogP contribution in [-0.2, 0) is 16.3 Å². The second kappa shape index (κ2) is 8.73. The van der Waals surface area contributed by atoms with Crippen LogP contribution >= 0.6 is 23.2 Å². The minimum Gasteiger partial charge on any atom is -0.507 e. The smallest absolute Gasteiger partial charge is 0.245 e. The van der Waals surface area contributed by atoms with E-state index in [9.17, 15) is 5.11 Å². The molecule has 0 atom stereocenters. The number of anilines is 1. The number of fused-ring (bicyclic) bond motifs is 5. The van der Waals surface area contributed by atoms with Crippen molar-refractivity contribution in [2.24, 2.45) is 5.16 Å². The minimum absolute atomic E-state index is 0.0871. The fraction of sp³-hybridized carbons (Fsp3) is 0.0800. The van der Waals surface area contributed by atoms with Gasteiger partial charge in [-0.15, -0.1) is 0 Å². The van der Waals surface area contributed by atoms with Crippen molar-refractivity contribution in [1.29, 1.82) is 0 Å². The van der Waals surface area contributed by atoms with Gasteiger partial charge >= 0.3 is 0 Å². The standard InChI is InChI=1S/C25H19Cl2N3O3/c1-14-23-15(2-8-20-21-11-18(27)5-9-22(21)29-24(20)23)10-16(25(14)31)12-32-28-13-33-30-19-6-3-17(26)4-7-19/h2-11,13,29-31H,12H2,1H3. The van der Waals surface area contributed by atoms with Crippen LogP contribution in [0.1, 0.15) is 11.1 Å². The number of rotatable bonds is 6. The SMILES string of the molecule is Cc1c(O)c(CON=CONc2ccc(Cl)cc2)cc2ccc3c4cc(Cl)ccc4[nH]c3c12. The molecule has 0 saturated carbocycles. The Balaban J connectivity index is 1.35. The second-order valence-corrected chi connectivity index (χ2v) is 8.49. The summed E-state index contributed by atoms with van der Waals surface area (Å²) in [6.07, 6.45) is 1.14. The van der Waals surface area contributed by atoms with Gasteiger partial charge in [0.15, 0.2) is 0 Å². The molecule has 0 amide bonds. The summed E-state index contributed by atoms with van der Waals surface area (Å²) in [7, 11) is 0. The fourth-order valence-electron chi connectivity index (χ4n) is 3.98. The van der Waals surface area contributed by atoms with Crippen LogP contribution in [0.4, 0.5) is 5.69 Å². The molecule has 1 aromatic heterocycles. The van der Waals surface area contributed by atoms with Gasteiger partial charge < -0.3 is 19.8 Å². The molecular weight excluding hydrogens is 461 g/mol. The molecule has 0 fully saturated rings. The van der Waals surface area contributed by atoms with E-state index in [1.54, 1.807) is 24.3 Å². The van der Waals surface area contributed by atoms with E-state index in [2.05, 4.69) is 21.7 Å². The topological polar surface area (TPSA) is 78.9 Å². The largest absolute Gasteiger partial charge is 0.507 e. The lowest BCUT2D eigenvalue weighted by molar-refractivity contribution is 0.123. The Bertz CT molecular complexity index is 1510. The quantitative estimate of drug-likeness (QED) is 0.135. The molecule has 166 valence electrons. The number of phenols is 1. The van der Waals surface area contributed by atoms with Crippen LogP contribution in [0.15, 0.2) is 65.8 Å². The molecule has 0 aliphatic heterocycles. The number of nitrogens with zero attached hydrogens (tertiary/aromatic N) is 1. The molecular formula is C25H19Cl2N3O3. The van der Waals surface area contributed by atoms with Crippen LogP contribution < -0.4 is 5.48 Å². The van der Waals surface area contributed by atoms with Crippen LogP contribution in [0, 0.1) is 6.92 Å². The van der Waals surface area contributed by atoms with Crippen LogP contribution in [0.2, 0.25) is 10.0 Å². The van der Waals surface area contributed by atoms with Gasteiger partial charge in [0, 0.05) is 42.8 Å². The molecule has 0 radical (unpaired) electrons. The Hall–Kier alpha value is -3.61. The highest BCUT2D eigenvalue weighted by atomic mass is 35.5. The molecule has 0 aliphatic rings. The number of aryl methyl sites for hydroxylation is 1. The Morgan fingerprint density at radius 3 is 2.61 bits per heavy atom. The van der Waals surface area contributed by atoms with E-state index in [-0.39, 0.29) is 12.4 Å². The number of halogens is 2. The van der Waals surface area contributed by atoms with E-state index in [1.165, 1.54) is 0 Å². The number of aromatic amines is 1. The fourth-order valence-corrected chi connectivity index (χ4v) is 4.27. The molecule has 5 rings (SSSR count).